The molecule has 1 amide bonds. The number of fused-ring (bicyclic) bond motifs is 2. The minimum Gasteiger partial charge on any atom is -0.397 e. The highest BCUT2D eigenvalue weighted by Crippen LogP contribution is 2.38. The minimum atomic E-state index is -0.142. The van der Waals surface area contributed by atoms with Crippen molar-refractivity contribution in [1.82, 2.24) is 10.3 Å². The second-order valence-electron chi connectivity index (χ2n) is 8.25. The summed E-state index contributed by atoms with van der Waals surface area (Å²) < 4.78 is 0. The van der Waals surface area contributed by atoms with Gasteiger partial charge in [-0.25, -0.2) is 4.98 Å². The fourth-order valence-corrected chi connectivity index (χ4v) is 5.46. The van der Waals surface area contributed by atoms with Crippen molar-refractivity contribution in [1.29, 1.82) is 0 Å². The highest BCUT2D eigenvalue weighted by atomic mass is 32.1. The predicted octanol–water partition coefficient (Wildman–Crippen LogP) is 5.64. The van der Waals surface area contributed by atoms with E-state index in [-0.39, 0.29) is 11.9 Å². The zero-order valence-electron chi connectivity index (χ0n) is 17.5. The first-order valence-corrected chi connectivity index (χ1v) is 11.5. The lowest BCUT2D eigenvalue weighted by Gasteiger charge is -2.24. The summed E-state index contributed by atoms with van der Waals surface area (Å²) in [6.07, 6.45) is 3.01. The summed E-state index contributed by atoms with van der Waals surface area (Å²) in [5.41, 5.74) is 11.8. The third-order valence-corrected chi connectivity index (χ3v) is 7.32. The summed E-state index contributed by atoms with van der Waals surface area (Å²) >= 11 is 1.39. The van der Waals surface area contributed by atoms with E-state index in [1.165, 1.54) is 22.5 Å². The van der Waals surface area contributed by atoms with E-state index in [0.29, 0.717) is 16.5 Å². The van der Waals surface area contributed by atoms with E-state index < -0.39 is 0 Å². The monoisotopic (exact) mass is 427 g/mol. The molecule has 0 radical (unpaired) electrons. The smallest absolute Gasteiger partial charge is 0.264 e. The lowest BCUT2D eigenvalue weighted by molar-refractivity contribution is 0.0945. The van der Waals surface area contributed by atoms with Gasteiger partial charge in [0.15, 0.2) is 0 Å². The first-order valence-electron chi connectivity index (χ1n) is 10.7. The van der Waals surface area contributed by atoms with Crippen LogP contribution >= 0.6 is 11.3 Å². The number of aromatic nitrogens is 1. The molecule has 2 aromatic heterocycles. The topological polar surface area (TPSA) is 68.0 Å². The van der Waals surface area contributed by atoms with Crippen LogP contribution in [0.4, 0.5) is 5.69 Å². The maximum atomic E-state index is 13.0. The van der Waals surface area contributed by atoms with Crippen molar-refractivity contribution in [2.45, 2.75) is 38.1 Å². The number of nitrogens with one attached hydrogen (secondary N) is 1. The van der Waals surface area contributed by atoms with Crippen LogP contribution in [-0.2, 0) is 12.8 Å². The Kier molecular flexibility index (Phi) is 5.20. The lowest BCUT2D eigenvalue weighted by Crippen LogP contribution is -2.26. The molecule has 0 fully saturated rings. The minimum absolute atomic E-state index is 0.0916. The number of thiophene rings is 1. The molecule has 2 unspecified atom stereocenters. The zero-order valence-corrected chi connectivity index (χ0v) is 18.3. The Morgan fingerprint density at radius 1 is 1.13 bits per heavy atom. The Morgan fingerprint density at radius 3 is 2.58 bits per heavy atom. The van der Waals surface area contributed by atoms with Crippen molar-refractivity contribution in [3.05, 3.63) is 94.0 Å². The summed E-state index contributed by atoms with van der Waals surface area (Å²) in [4.78, 5) is 19.3. The number of pyridine rings is 1. The number of carbonyl (C=O) groups excluding carboxylic acids is 1. The normalized spacial score (nSPS) is 16.6. The number of anilines is 1. The Balaban J connectivity index is 1.42. The van der Waals surface area contributed by atoms with Gasteiger partial charge in [-0.3, -0.25) is 4.79 Å². The van der Waals surface area contributed by atoms with Crippen LogP contribution in [0, 0.1) is 0 Å². The molecule has 156 valence electrons. The number of nitrogens with zero attached hydrogens (tertiary/aromatic N) is 1. The van der Waals surface area contributed by atoms with Gasteiger partial charge in [0.05, 0.1) is 11.7 Å². The third-order valence-electron chi connectivity index (χ3n) is 6.21. The van der Waals surface area contributed by atoms with E-state index in [4.69, 9.17) is 10.7 Å². The molecule has 2 atom stereocenters. The van der Waals surface area contributed by atoms with Crippen LogP contribution in [0.3, 0.4) is 0 Å². The van der Waals surface area contributed by atoms with E-state index in [9.17, 15) is 4.79 Å². The SMILES string of the molecule is CC(NC(=O)c1sc2nc3c(cc2c1N)CC(c1ccccc1)CC3)c1ccccc1. The van der Waals surface area contributed by atoms with Gasteiger partial charge in [-0.1, -0.05) is 60.7 Å². The summed E-state index contributed by atoms with van der Waals surface area (Å²) in [6, 6.07) is 22.7. The van der Waals surface area contributed by atoms with Crippen molar-refractivity contribution >= 4 is 33.1 Å². The Morgan fingerprint density at radius 2 is 1.84 bits per heavy atom. The fourth-order valence-electron chi connectivity index (χ4n) is 4.46. The average Bonchev–Trinajstić information content (AvgIpc) is 3.14. The first kappa shape index (κ1) is 19.8. The van der Waals surface area contributed by atoms with E-state index in [1.807, 2.05) is 37.3 Å². The fraction of sp³-hybridized carbons (Fsp3) is 0.231. The van der Waals surface area contributed by atoms with Gasteiger partial charge in [-0.05, 0) is 54.9 Å². The Labute approximate surface area is 186 Å². The van der Waals surface area contributed by atoms with Gasteiger partial charge < -0.3 is 11.1 Å². The van der Waals surface area contributed by atoms with E-state index in [0.717, 1.165) is 40.7 Å². The van der Waals surface area contributed by atoms with Crippen LogP contribution < -0.4 is 11.1 Å². The molecule has 0 bridgehead atoms. The van der Waals surface area contributed by atoms with Gasteiger partial charge in [-0.15, -0.1) is 11.3 Å². The number of amides is 1. The molecule has 1 aliphatic rings. The van der Waals surface area contributed by atoms with E-state index >= 15 is 0 Å². The number of nitrogens with two attached hydrogens (primary N) is 1. The molecule has 4 aromatic rings. The molecule has 1 aliphatic carbocycles. The molecule has 5 rings (SSSR count). The first-order chi connectivity index (χ1) is 15.1. The molecule has 31 heavy (non-hydrogen) atoms. The number of hydrogen-bond acceptors (Lipinski definition) is 4. The highest BCUT2D eigenvalue weighted by molar-refractivity contribution is 7.21. The summed E-state index contributed by atoms with van der Waals surface area (Å²) in [6.45, 7) is 1.98. The highest BCUT2D eigenvalue weighted by Gasteiger charge is 2.25. The maximum Gasteiger partial charge on any atom is 0.264 e. The second kappa shape index (κ2) is 8.16. The third kappa shape index (κ3) is 3.81. The Hall–Kier alpha value is -3.18. The molecule has 0 saturated carbocycles. The number of aryl methyl sites for hydroxylation is 1. The van der Waals surface area contributed by atoms with Crippen molar-refractivity contribution < 1.29 is 4.79 Å². The quantitative estimate of drug-likeness (QED) is 0.443. The summed E-state index contributed by atoms with van der Waals surface area (Å²) in [5, 5.41) is 3.97. The summed E-state index contributed by atoms with van der Waals surface area (Å²) in [5.74, 6) is 0.360. The number of carbonyl (C=O) groups is 1. The van der Waals surface area contributed by atoms with Crippen LogP contribution in [-0.4, -0.2) is 10.9 Å². The molecular weight excluding hydrogens is 402 g/mol. The molecule has 5 heteroatoms. The second-order valence-corrected chi connectivity index (χ2v) is 9.25. The average molecular weight is 428 g/mol. The van der Waals surface area contributed by atoms with E-state index in [2.05, 4.69) is 41.7 Å². The van der Waals surface area contributed by atoms with Crippen molar-refractivity contribution in [3.63, 3.8) is 0 Å². The van der Waals surface area contributed by atoms with Gasteiger partial charge in [0, 0.05) is 11.1 Å². The molecule has 0 saturated heterocycles. The number of benzene rings is 2. The van der Waals surface area contributed by atoms with Gasteiger partial charge in [0.1, 0.15) is 9.71 Å². The number of hydrogen-bond donors (Lipinski definition) is 2. The van der Waals surface area contributed by atoms with Crippen LogP contribution in [0.5, 0.6) is 0 Å². The molecule has 2 aromatic carbocycles. The predicted molar refractivity (Wildman–Crippen MR) is 128 cm³/mol. The zero-order chi connectivity index (χ0) is 21.4. The molecule has 2 heterocycles. The lowest BCUT2D eigenvalue weighted by atomic mass is 9.82. The van der Waals surface area contributed by atoms with Gasteiger partial charge in [0.2, 0.25) is 0 Å². The van der Waals surface area contributed by atoms with Crippen LogP contribution in [0.1, 0.15) is 57.4 Å². The molecule has 3 N–H and O–H groups in total. The molecule has 0 spiro atoms. The Bertz CT molecular complexity index is 1230. The molecule has 0 aliphatic heterocycles. The largest absolute Gasteiger partial charge is 0.397 e. The van der Waals surface area contributed by atoms with Crippen LogP contribution in [0.15, 0.2) is 66.7 Å². The van der Waals surface area contributed by atoms with Crippen molar-refractivity contribution in [3.8, 4) is 0 Å². The maximum absolute atomic E-state index is 13.0. The van der Waals surface area contributed by atoms with Crippen molar-refractivity contribution in [2.24, 2.45) is 0 Å². The van der Waals surface area contributed by atoms with Crippen molar-refractivity contribution in [2.75, 3.05) is 5.73 Å². The van der Waals surface area contributed by atoms with Crippen LogP contribution in [0.25, 0.3) is 10.2 Å². The van der Waals surface area contributed by atoms with E-state index in [1.54, 1.807) is 0 Å². The molecular formula is C26H25N3OS. The number of nitrogen functional groups attached to an aromatic ring is 1. The van der Waals surface area contributed by atoms with Gasteiger partial charge >= 0.3 is 0 Å². The van der Waals surface area contributed by atoms with Gasteiger partial charge in [0.25, 0.3) is 5.91 Å². The number of rotatable bonds is 4. The van der Waals surface area contributed by atoms with Crippen LogP contribution in [0.2, 0.25) is 0 Å². The van der Waals surface area contributed by atoms with Gasteiger partial charge in [-0.2, -0.15) is 0 Å². The molecule has 4 nitrogen and oxygen atoms in total. The standard InChI is InChI=1S/C26H25N3OS/c1-16(17-8-4-2-5-9-17)28-25(30)24-23(27)21-15-20-14-19(18-10-6-3-7-11-18)12-13-22(20)29-26(21)31-24/h2-11,15-16,19H,12-14,27H2,1H3,(H,28,30). The summed E-state index contributed by atoms with van der Waals surface area (Å²) in [7, 11) is 0.